The lowest BCUT2D eigenvalue weighted by atomic mass is 9.97. The lowest BCUT2D eigenvalue weighted by molar-refractivity contribution is -0.120. The van der Waals surface area contributed by atoms with Gasteiger partial charge >= 0.3 is 0 Å². The van der Waals surface area contributed by atoms with Crippen LogP contribution in [-0.4, -0.2) is 60.6 Å². The molecule has 0 aliphatic carbocycles. The highest BCUT2D eigenvalue weighted by molar-refractivity contribution is 7.89. The fourth-order valence-electron chi connectivity index (χ4n) is 4.68. The number of halogens is 1. The predicted molar refractivity (Wildman–Crippen MR) is 127 cm³/mol. The molecule has 2 N–H and O–H groups in total. The van der Waals surface area contributed by atoms with Crippen LogP contribution < -0.4 is 5.32 Å². The first-order valence-corrected chi connectivity index (χ1v) is 13.1. The summed E-state index contributed by atoms with van der Waals surface area (Å²) >= 11 is 5.89. The summed E-state index contributed by atoms with van der Waals surface area (Å²) in [5.41, 5.74) is 1.94. The van der Waals surface area contributed by atoms with Gasteiger partial charge in [0, 0.05) is 54.2 Å². The van der Waals surface area contributed by atoms with Crippen molar-refractivity contribution in [1.82, 2.24) is 14.2 Å². The van der Waals surface area contributed by atoms with Crippen molar-refractivity contribution in [2.24, 2.45) is 5.92 Å². The molecule has 0 bridgehead atoms. The number of likely N-dealkylation sites (tertiary alicyclic amines) is 1. The quantitative estimate of drug-likeness (QED) is 0.666. The largest absolute Gasteiger partial charge is 0.361 e. The van der Waals surface area contributed by atoms with Crippen LogP contribution in [0.5, 0.6) is 0 Å². The number of hydrogen-bond acceptors (Lipinski definition) is 4. The Morgan fingerprint density at radius 2 is 1.61 bits per heavy atom. The number of nitrogens with one attached hydrogen (secondary N) is 2. The minimum absolute atomic E-state index is 0.0703. The fourth-order valence-corrected chi connectivity index (χ4v) is 6.69. The standard InChI is InChI=1S/C23H29ClN4O4S/c1-15-20(23(30)27-11-3-4-12-27)21(16(2)25-15)33(31,32)28-13-9-17(10-14-28)22(29)26-19-7-5-18(24)6-8-19/h5-8,17,25H,3-4,9-14H2,1-2H3,(H,26,29). The van der Waals surface area contributed by atoms with Crippen LogP contribution in [0.1, 0.15) is 47.4 Å². The summed E-state index contributed by atoms with van der Waals surface area (Å²) in [5.74, 6) is -0.648. The fraction of sp³-hybridized carbons (Fsp3) is 0.478. The number of H-pyrrole nitrogens is 1. The average molecular weight is 493 g/mol. The molecule has 2 saturated heterocycles. The van der Waals surface area contributed by atoms with Crippen molar-refractivity contribution in [3.05, 3.63) is 46.2 Å². The maximum Gasteiger partial charge on any atom is 0.257 e. The van der Waals surface area contributed by atoms with E-state index in [1.165, 1.54) is 4.31 Å². The molecule has 0 spiro atoms. The van der Waals surface area contributed by atoms with E-state index in [4.69, 9.17) is 11.6 Å². The van der Waals surface area contributed by atoms with Gasteiger partial charge in [0.25, 0.3) is 5.91 Å². The molecule has 1 aromatic carbocycles. The van der Waals surface area contributed by atoms with Crippen LogP contribution in [0.25, 0.3) is 0 Å². The van der Waals surface area contributed by atoms with E-state index >= 15 is 0 Å². The molecule has 1 aromatic heterocycles. The highest BCUT2D eigenvalue weighted by Gasteiger charge is 2.38. The molecule has 0 saturated carbocycles. The van der Waals surface area contributed by atoms with Crippen molar-refractivity contribution in [2.75, 3.05) is 31.5 Å². The lowest BCUT2D eigenvalue weighted by Crippen LogP contribution is -2.42. The van der Waals surface area contributed by atoms with Crippen LogP contribution in [0, 0.1) is 19.8 Å². The third-order valence-corrected chi connectivity index (χ3v) is 8.78. The highest BCUT2D eigenvalue weighted by atomic mass is 35.5. The van der Waals surface area contributed by atoms with Gasteiger partial charge in [-0.2, -0.15) is 4.31 Å². The number of carbonyl (C=O) groups is 2. The Morgan fingerprint density at radius 3 is 2.21 bits per heavy atom. The number of anilines is 1. The summed E-state index contributed by atoms with van der Waals surface area (Å²) in [4.78, 5) is 30.6. The van der Waals surface area contributed by atoms with Crippen LogP contribution in [0.2, 0.25) is 5.02 Å². The second-order valence-electron chi connectivity index (χ2n) is 8.75. The number of amides is 2. The number of benzene rings is 1. The van der Waals surface area contributed by atoms with Crippen LogP contribution >= 0.6 is 11.6 Å². The molecule has 3 heterocycles. The third-order valence-electron chi connectivity index (χ3n) is 6.46. The monoisotopic (exact) mass is 492 g/mol. The van der Waals surface area contributed by atoms with Crippen molar-refractivity contribution in [3.63, 3.8) is 0 Å². The van der Waals surface area contributed by atoms with Gasteiger partial charge in [-0.1, -0.05) is 11.6 Å². The first-order valence-electron chi connectivity index (χ1n) is 11.2. The molecule has 4 rings (SSSR count). The molecule has 2 aromatic rings. The normalized spacial score (nSPS) is 18.0. The number of carbonyl (C=O) groups excluding carboxylic acids is 2. The van der Waals surface area contributed by atoms with E-state index in [0.717, 1.165) is 12.8 Å². The molecular weight excluding hydrogens is 464 g/mol. The molecule has 0 radical (unpaired) electrons. The summed E-state index contributed by atoms with van der Waals surface area (Å²) in [6, 6.07) is 6.87. The summed E-state index contributed by atoms with van der Waals surface area (Å²) < 4.78 is 28.6. The zero-order valence-corrected chi connectivity index (χ0v) is 20.4. The number of aromatic nitrogens is 1. The maximum absolute atomic E-state index is 13.6. The number of aryl methyl sites for hydroxylation is 2. The van der Waals surface area contributed by atoms with E-state index in [1.54, 1.807) is 43.0 Å². The summed E-state index contributed by atoms with van der Waals surface area (Å²) in [5, 5.41) is 3.46. The Balaban J connectivity index is 1.48. The van der Waals surface area contributed by atoms with Gasteiger partial charge in [0.1, 0.15) is 4.90 Å². The molecule has 2 fully saturated rings. The lowest BCUT2D eigenvalue weighted by Gasteiger charge is -2.31. The molecule has 8 nitrogen and oxygen atoms in total. The molecule has 2 aliphatic rings. The van der Waals surface area contributed by atoms with Gasteiger partial charge in [-0.25, -0.2) is 8.42 Å². The highest BCUT2D eigenvalue weighted by Crippen LogP contribution is 2.31. The molecule has 2 amide bonds. The third kappa shape index (κ3) is 4.81. The van der Waals surface area contributed by atoms with Crippen molar-refractivity contribution < 1.29 is 18.0 Å². The summed E-state index contributed by atoms with van der Waals surface area (Å²) in [6.45, 7) is 5.17. The van der Waals surface area contributed by atoms with Gasteiger partial charge in [0.2, 0.25) is 15.9 Å². The van der Waals surface area contributed by atoms with E-state index in [1.807, 2.05) is 0 Å². The Bertz CT molecular complexity index is 1150. The number of nitrogens with zero attached hydrogens (tertiary/aromatic N) is 2. The molecule has 10 heteroatoms. The van der Waals surface area contributed by atoms with Crippen LogP contribution in [0.15, 0.2) is 29.2 Å². The van der Waals surface area contributed by atoms with E-state index in [9.17, 15) is 18.0 Å². The molecule has 2 aliphatic heterocycles. The smallest absolute Gasteiger partial charge is 0.257 e. The second-order valence-corrected chi connectivity index (χ2v) is 11.1. The second kappa shape index (κ2) is 9.48. The first kappa shape index (κ1) is 23.8. The molecule has 33 heavy (non-hydrogen) atoms. The number of aromatic amines is 1. The zero-order chi connectivity index (χ0) is 23.8. The number of rotatable bonds is 5. The van der Waals surface area contributed by atoms with Crippen molar-refractivity contribution in [3.8, 4) is 0 Å². The van der Waals surface area contributed by atoms with Gasteiger partial charge in [0.05, 0.1) is 5.56 Å². The minimum atomic E-state index is -3.88. The zero-order valence-electron chi connectivity index (χ0n) is 18.9. The maximum atomic E-state index is 13.6. The first-order chi connectivity index (χ1) is 15.7. The van der Waals surface area contributed by atoms with Crippen LogP contribution in [0.4, 0.5) is 5.69 Å². The summed E-state index contributed by atoms with van der Waals surface area (Å²) in [7, 11) is -3.88. The van der Waals surface area contributed by atoms with Crippen molar-refractivity contribution >= 4 is 39.1 Å². The summed E-state index contributed by atoms with van der Waals surface area (Å²) in [6.07, 6.45) is 2.69. The van der Waals surface area contributed by atoms with E-state index in [-0.39, 0.29) is 41.3 Å². The van der Waals surface area contributed by atoms with Gasteiger partial charge in [-0.15, -0.1) is 0 Å². The predicted octanol–water partition coefficient (Wildman–Crippen LogP) is 3.56. The van der Waals surface area contributed by atoms with E-state index < -0.39 is 10.0 Å². The van der Waals surface area contributed by atoms with E-state index in [2.05, 4.69) is 10.3 Å². The molecule has 0 unspecified atom stereocenters. The number of hydrogen-bond donors (Lipinski definition) is 2. The molecule has 178 valence electrons. The molecular formula is C23H29ClN4O4S. The topological polar surface area (TPSA) is 103 Å². The average Bonchev–Trinajstić information content (AvgIpc) is 3.43. The SMILES string of the molecule is Cc1[nH]c(C)c(S(=O)(=O)N2CCC(C(=O)Nc3ccc(Cl)cc3)CC2)c1C(=O)N1CCCC1. The number of piperidine rings is 1. The van der Waals surface area contributed by atoms with Crippen LogP contribution in [0.3, 0.4) is 0 Å². The van der Waals surface area contributed by atoms with E-state index in [0.29, 0.717) is 48.0 Å². The van der Waals surface area contributed by atoms with Crippen molar-refractivity contribution in [2.45, 2.75) is 44.4 Å². The van der Waals surface area contributed by atoms with Gasteiger partial charge in [-0.05, 0) is 63.8 Å². The van der Waals surface area contributed by atoms with Gasteiger partial charge < -0.3 is 15.2 Å². The van der Waals surface area contributed by atoms with Gasteiger partial charge in [-0.3, -0.25) is 9.59 Å². The Hall–Kier alpha value is -2.36. The van der Waals surface area contributed by atoms with Crippen molar-refractivity contribution in [1.29, 1.82) is 0 Å². The Kier molecular flexibility index (Phi) is 6.83. The molecule has 0 atom stereocenters. The Labute approximate surface area is 199 Å². The van der Waals surface area contributed by atoms with Crippen LogP contribution in [-0.2, 0) is 14.8 Å². The van der Waals surface area contributed by atoms with Gasteiger partial charge in [0.15, 0.2) is 0 Å². The number of sulfonamides is 1. The minimum Gasteiger partial charge on any atom is -0.361 e. The Morgan fingerprint density at radius 1 is 1.00 bits per heavy atom.